The highest BCUT2D eigenvalue weighted by molar-refractivity contribution is 6.25. The molecule has 6 heteroatoms. The molecule has 2 saturated heterocycles. The van der Waals surface area contributed by atoms with Crippen molar-refractivity contribution in [2.75, 3.05) is 9.96 Å². The van der Waals surface area contributed by atoms with Gasteiger partial charge in [0.15, 0.2) is 6.10 Å². The van der Waals surface area contributed by atoms with Crippen LogP contribution in [0.5, 0.6) is 0 Å². The van der Waals surface area contributed by atoms with Crippen molar-refractivity contribution in [3.05, 3.63) is 96.3 Å². The van der Waals surface area contributed by atoms with E-state index in [-0.39, 0.29) is 5.91 Å². The molecule has 0 aromatic heterocycles. The van der Waals surface area contributed by atoms with E-state index < -0.39 is 29.3 Å². The third kappa shape index (κ3) is 2.57. The number of rotatable bonds is 3. The smallest absolute Gasteiger partial charge is 0.266 e. The number of carbonyl (C=O) groups is 2. The van der Waals surface area contributed by atoms with E-state index in [0.29, 0.717) is 5.69 Å². The number of hydroxylamine groups is 1. The summed E-state index contributed by atoms with van der Waals surface area (Å²) in [5, 5.41) is 1.66. The van der Waals surface area contributed by atoms with Crippen molar-refractivity contribution in [1.82, 2.24) is 0 Å². The summed E-state index contributed by atoms with van der Waals surface area (Å²) in [6.45, 7) is 1.77. The van der Waals surface area contributed by atoms with E-state index in [2.05, 4.69) is 0 Å². The largest absolute Gasteiger partial charge is 0.273 e. The van der Waals surface area contributed by atoms with Crippen molar-refractivity contribution in [2.24, 2.45) is 5.41 Å². The zero-order valence-electron chi connectivity index (χ0n) is 16.2. The zero-order valence-corrected chi connectivity index (χ0v) is 16.2. The molecule has 0 spiro atoms. The molecule has 2 heterocycles. The minimum atomic E-state index is -1.15. The number of amides is 2. The molecule has 5 rings (SSSR count). The Bertz CT molecular complexity index is 1100. The fraction of sp³-hybridized carbons (Fsp3) is 0.167. The lowest BCUT2D eigenvalue weighted by atomic mass is 9.76. The lowest BCUT2D eigenvalue weighted by molar-refractivity contribution is -0.128. The lowest BCUT2D eigenvalue weighted by Crippen LogP contribution is -2.41. The van der Waals surface area contributed by atoms with Crippen LogP contribution >= 0.6 is 0 Å². The molecule has 0 saturated carbocycles. The molecule has 30 heavy (non-hydrogen) atoms. The molecule has 2 amide bonds. The summed E-state index contributed by atoms with van der Waals surface area (Å²) in [6, 6.07) is 23.8. The van der Waals surface area contributed by atoms with Gasteiger partial charge in [0, 0.05) is 0 Å². The highest BCUT2D eigenvalue weighted by Gasteiger charge is 2.68. The fourth-order valence-corrected chi connectivity index (χ4v) is 4.40. The van der Waals surface area contributed by atoms with Gasteiger partial charge in [-0.15, -0.1) is 0 Å². The maximum atomic E-state index is 13.7. The van der Waals surface area contributed by atoms with Gasteiger partial charge in [0.2, 0.25) is 5.91 Å². The molecular weight excluding hydrogens is 383 g/mol. The van der Waals surface area contributed by atoms with Crippen molar-refractivity contribution >= 4 is 23.2 Å². The van der Waals surface area contributed by atoms with Crippen molar-refractivity contribution in [3.63, 3.8) is 0 Å². The Labute approximate surface area is 173 Å². The molecule has 3 aromatic rings. The molecule has 0 unspecified atom stereocenters. The van der Waals surface area contributed by atoms with E-state index in [1.807, 2.05) is 60.7 Å². The van der Waals surface area contributed by atoms with Crippen molar-refractivity contribution in [2.45, 2.75) is 19.1 Å². The van der Waals surface area contributed by atoms with E-state index in [1.165, 1.54) is 24.3 Å². The van der Waals surface area contributed by atoms with Crippen LogP contribution in [0.15, 0.2) is 84.9 Å². The zero-order chi connectivity index (χ0) is 20.9. The predicted molar refractivity (Wildman–Crippen MR) is 110 cm³/mol. The number of carbonyl (C=O) groups excluding carboxylic acids is 2. The van der Waals surface area contributed by atoms with Gasteiger partial charge in [0.05, 0.1) is 17.4 Å². The highest BCUT2D eigenvalue weighted by atomic mass is 19.1. The van der Waals surface area contributed by atoms with Gasteiger partial charge in [0.25, 0.3) is 5.91 Å². The molecule has 0 bridgehead atoms. The highest BCUT2D eigenvalue weighted by Crippen LogP contribution is 2.55. The normalized spacial score (nSPS) is 25.7. The van der Waals surface area contributed by atoms with Crippen molar-refractivity contribution in [1.29, 1.82) is 0 Å². The van der Waals surface area contributed by atoms with Crippen LogP contribution < -0.4 is 9.96 Å². The minimum Gasteiger partial charge on any atom is -0.273 e. The summed E-state index contributed by atoms with van der Waals surface area (Å²) < 4.78 is 13.4. The van der Waals surface area contributed by atoms with Crippen LogP contribution in [0.3, 0.4) is 0 Å². The van der Waals surface area contributed by atoms with Crippen molar-refractivity contribution in [3.8, 4) is 0 Å². The van der Waals surface area contributed by atoms with E-state index in [0.717, 1.165) is 16.2 Å². The molecule has 0 radical (unpaired) electrons. The number of halogens is 1. The topological polar surface area (TPSA) is 49.9 Å². The number of benzene rings is 3. The Morgan fingerprint density at radius 2 is 1.43 bits per heavy atom. The van der Waals surface area contributed by atoms with Crippen LogP contribution in [0.2, 0.25) is 0 Å². The van der Waals surface area contributed by atoms with Crippen LogP contribution in [-0.2, 0) is 14.4 Å². The number of hydrogen-bond donors (Lipinski definition) is 0. The maximum Gasteiger partial charge on any atom is 0.266 e. The SMILES string of the molecule is C[C@@]12C(=O)N(c3ccc(F)cc3)C(=O)[C@H]1ON(c1ccccc1)[C@@H]2c1ccccc1. The predicted octanol–water partition coefficient (Wildman–Crippen LogP) is 4.27. The summed E-state index contributed by atoms with van der Waals surface area (Å²) in [5.74, 6) is -1.25. The molecule has 5 nitrogen and oxygen atoms in total. The molecule has 2 fully saturated rings. The van der Waals surface area contributed by atoms with Gasteiger partial charge in [-0.25, -0.2) is 14.4 Å². The first-order valence-electron chi connectivity index (χ1n) is 9.72. The van der Waals surface area contributed by atoms with Crippen LogP contribution in [0.4, 0.5) is 15.8 Å². The summed E-state index contributed by atoms with van der Waals surface area (Å²) >= 11 is 0. The number of anilines is 2. The molecule has 2 aliphatic rings. The van der Waals surface area contributed by atoms with E-state index >= 15 is 0 Å². The summed E-state index contributed by atoms with van der Waals surface area (Å²) in [5.41, 5.74) is 0.816. The van der Waals surface area contributed by atoms with Gasteiger partial charge in [-0.2, -0.15) is 0 Å². The third-order valence-electron chi connectivity index (χ3n) is 5.89. The second kappa shape index (κ2) is 6.78. The van der Waals surface area contributed by atoms with Gasteiger partial charge in [-0.3, -0.25) is 14.4 Å². The third-order valence-corrected chi connectivity index (χ3v) is 5.89. The van der Waals surface area contributed by atoms with Gasteiger partial charge in [-0.1, -0.05) is 48.5 Å². The Morgan fingerprint density at radius 1 is 0.833 bits per heavy atom. The second-order valence-corrected chi connectivity index (χ2v) is 7.70. The monoisotopic (exact) mass is 402 g/mol. The first kappa shape index (κ1) is 18.5. The lowest BCUT2D eigenvalue weighted by Gasteiger charge is -2.32. The Balaban J connectivity index is 1.63. The Morgan fingerprint density at radius 3 is 2.07 bits per heavy atom. The second-order valence-electron chi connectivity index (χ2n) is 7.70. The molecule has 0 aliphatic carbocycles. The minimum absolute atomic E-state index is 0.337. The fourth-order valence-electron chi connectivity index (χ4n) is 4.40. The van der Waals surface area contributed by atoms with E-state index in [9.17, 15) is 14.0 Å². The first-order valence-corrected chi connectivity index (χ1v) is 9.72. The van der Waals surface area contributed by atoms with E-state index in [1.54, 1.807) is 12.0 Å². The van der Waals surface area contributed by atoms with Crippen LogP contribution in [0, 0.1) is 11.2 Å². The van der Waals surface area contributed by atoms with Gasteiger partial charge >= 0.3 is 0 Å². The average Bonchev–Trinajstić information content (AvgIpc) is 3.19. The average molecular weight is 402 g/mol. The molecular formula is C24H19FN2O3. The van der Waals surface area contributed by atoms with E-state index in [4.69, 9.17) is 4.84 Å². The molecule has 150 valence electrons. The number of imide groups is 1. The standard InChI is InChI=1S/C24H19FN2O3/c1-24-20(16-8-4-2-5-9-16)27(19-10-6-3-7-11-19)30-21(24)22(28)26(23(24)29)18-14-12-17(25)13-15-18/h2-15,20-21H,1H3/t20-,21-,24+/m1/s1. The van der Waals surface area contributed by atoms with Crippen LogP contribution in [0.1, 0.15) is 18.5 Å². The van der Waals surface area contributed by atoms with Crippen LogP contribution in [0.25, 0.3) is 0 Å². The quantitative estimate of drug-likeness (QED) is 0.614. The molecule has 2 aliphatic heterocycles. The number of hydrogen-bond acceptors (Lipinski definition) is 4. The molecule has 3 atom stereocenters. The number of para-hydroxylation sites is 1. The Kier molecular flexibility index (Phi) is 4.18. The Hall–Kier alpha value is -3.51. The molecule has 3 aromatic carbocycles. The maximum absolute atomic E-state index is 13.7. The summed E-state index contributed by atoms with van der Waals surface area (Å²) in [7, 11) is 0. The van der Waals surface area contributed by atoms with Crippen molar-refractivity contribution < 1.29 is 18.8 Å². The molecule has 0 N–H and O–H groups in total. The van der Waals surface area contributed by atoms with Crippen LogP contribution in [-0.4, -0.2) is 17.9 Å². The summed E-state index contributed by atoms with van der Waals surface area (Å²) in [6.07, 6.45) is -0.986. The number of fused-ring (bicyclic) bond motifs is 1. The van der Waals surface area contributed by atoms with Gasteiger partial charge < -0.3 is 0 Å². The summed E-state index contributed by atoms with van der Waals surface area (Å²) in [4.78, 5) is 34.2. The van der Waals surface area contributed by atoms with Gasteiger partial charge in [0.1, 0.15) is 11.2 Å². The van der Waals surface area contributed by atoms with Gasteiger partial charge in [-0.05, 0) is 48.9 Å². The number of nitrogens with zero attached hydrogens (tertiary/aromatic N) is 2. The first-order chi connectivity index (χ1) is 14.5.